The predicted octanol–water partition coefficient (Wildman–Crippen LogP) is 3.17. The highest BCUT2D eigenvalue weighted by Gasteiger charge is 2.53. The number of amides is 1. The Morgan fingerprint density at radius 3 is 2.00 bits per heavy atom. The van der Waals surface area contributed by atoms with Crippen molar-refractivity contribution in [3.8, 4) is 0 Å². The molecule has 6 nitrogen and oxygen atoms in total. The summed E-state index contributed by atoms with van der Waals surface area (Å²) in [4.78, 5) is 29.4. The molecule has 3 atom stereocenters. The van der Waals surface area contributed by atoms with Crippen molar-refractivity contribution in [3.05, 3.63) is 12.2 Å². The van der Waals surface area contributed by atoms with Gasteiger partial charge in [0.05, 0.1) is 6.17 Å². The van der Waals surface area contributed by atoms with Crippen LogP contribution in [-0.2, 0) is 14.3 Å². The molecule has 0 N–H and O–H groups in total. The highest BCUT2D eigenvalue weighted by Crippen LogP contribution is 2.38. The topological polar surface area (TPSA) is 58.9 Å². The minimum atomic E-state index is -0.624. The molecule has 0 saturated carbocycles. The van der Waals surface area contributed by atoms with Crippen LogP contribution in [0.2, 0.25) is 0 Å². The molecule has 2 fully saturated rings. The van der Waals surface area contributed by atoms with Crippen LogP contribution in [0.4, 0.5) is 4.79 Å². The molecule has 25 heavy (non-hydrogen) atoms. The fraction of sp³-hybridized carbons (Fsp3) is 0.789. The Morgan fingerprint density at radius 1 is 1.00 bits per heavy atom. The molecule has 0 aromatic carbocycles. The molecule has 0 aromatic heterocycles. The van der Waals surface area contributed by atoms with E-state index >= 15 is 0 Å². The van der Waals surface area contributed by atoms with Crippen LogP contribution in [0.1, 0.15) is 54.9 Å². The maximum absolute atomic E-state index is 12.9. The molecule has 6 heteroatoms. The summed E-state index contributed by atoms with van der Waals surface area (Å²) < 4.78 is 11.2. The van der Waals surface area contributed by atoms with Crippen LogP contribution in [-0.4, -0.2) is 58.4 Å². The number of esters is 1. The summed E-state index contributed by atoms with van der Waals surface area (Å²) in [6.07, 6.45) is 4.01. The third-order valence-corrected chi connectivity index (χ3v) is 4.08. The van der Waals surface area contributed by atoms with Gasteiger partial charge in [0.25, 0.3) is 0 Å². The molecule has 0 aliphatic carbocycles. The van der Waals surface area contributed by atoms with Crippen LogP contribution in [0, 0.1) is 5.92 Å². The second kappa shape index (κ2) is 6.98. The Morgan fingerprint density at radius 2 is 1.56 bits per heavy atom. The van der Waals surface area contributed by atoms with E-state index in [9.17, 15) is 9.59 Å². The van der Waals surface area contributed by atoms with E-state index in [1.165, 1.54) is 0 Å². The van der Waals surface area contributed by atoms with Gasteiger partial charge in [0.1, 0.15) is 17.2 Å². The molecule has 0 aromatic rings. The van der Waals surface area contributed by atoms with Gasteiger partial charge in [0.15, 0.2) is 0 Å². The Hall–Kier alpha value is -1.56. The first-order valence-corrected chi connectivity index (χ1v) is 9.04. The zero-order chi connectivity index (χ0) is 19.0. The van der Waals surface area contributed by atoms with Crippen molar-refractivity contribution < 1.29 is 19.1 Å². The number of hydrogen-bond acceptors (Lipinski definition) is 5. The predicted molar refractivity (Wildman–Crippen MR) is 96.0 cm³/mol. The second-order valence-corrected chi connectivity index (χ2v) is 8.81. The molecular weight excluding hydrogens is 320 g/mol. The maximum Gasteiger partial charge on any atom is 0.412 e. The summed E-state index contributed by atoms with van der Waals surface area (Å²) in [5.41, 5.74) is -1.21. The fourth-order valence-corrected chi connectivity index (χ4v) is 3.21. The van der Waals surface area contributed by atoms with Gasteiger partial charge in [-0.25, -0.2) is 9.59 Å². The van der Waals surface area contributed by atoms with Crippen molar-refractivity contribution in [1.82, 2.24) is 9.80 Å². The van der Waals surface area contributed by atoms with E-state index in [1.54, 1.807) is 4.90 Å². The monoisotopic (exact) mass is 352 g/mol. The highest BCUT2D eigenvalue weighted by molar-refractivity contribution is 5.83. The Bertz CT molecular complexity index is 541. The van der Waals surface area contributed by atoms with E-state index in [2.05, 4.69) is 11.0 Å². The molecule has 2 saturated heterocycles. The summed E-state index contributed by atoms with van der Waals surface area (Å²) in [6, 6.07) is -0.624. The molecule has 2 rings (SSSR count). The molecule has 1 amide bonds. The average molecular weight is 352 g/mol. The maximum atomic E-state index is 12.9. The number of hydrogen-bond donors (Lipinski definition) is 0. The largest absolute Gasteiger partial charge is 0.458 e. The molecule has 0 spiro atoms. The molecule has 0 bridgehead atoms. The van der Waals surface area contributed by atoms with Crippen LogP contribution in [0.15, 0.2) is 12.2 Å². The summed E-state index contributed by atoms with van der Waals surface area (Å²) in [7, 11) is 0. The first-order valence-electron chi connectivity index (χ1n) is 9.04. The van der Waals surface area contributed by atoms with Gasteiger partial charge in [-0.2, -0.15) is 0 Å². The number of nitrogens with zero attached hydrogens (tertiary/aromatic N) is 2. The summed E-state index contributed by atoms with van der Waals surface area (Å²) in [6.45, 7) is 14.8. The van der Waals surface area contributed by atoms with Gasteiger partial charge < -0.3 is 9.47 Å². The molecule has 2 aliphatic rings. The van der Waals surface area contributed by atoms with E-state index in [0.717, 1.165) is 13.1 Å². The van der Waals surface area contributed by atoms with Gasteiger partial charge >= 0.3 is 12.1 Å². The number of carbonyl (C=O) groups excluding carboxylic acids is 2. The Labute approximate surface area is 151 Å². The zero-order valence-electron chi connectivity index (χ0n) is 16.5. The SMILES string of the molecule is CC=C[C@@H]1C[C@@H](C(=O)OC(C)(C)C)N(C(=O)OC(C)(C)C)[C@@H]1N1CC1. The standard InChI is InChI=1S/C19H32N2O4/c1-8-9-13-12-14(16(22)24-18(2,3)4)21(15(13)20-10-11-20)17(23)25-19(5,6)7/h8-9,13-15H,10-12H2,1-7H3/t13-,14+,15+/m1/s1. The summed E-state index contributed by atoms with van der Waals surface area (Å²) in [5.74, 6) is -0.269. The third kappa shape index (κ3) is 5.21. The Kier molecular flexibility index (Phi) is 5.52. The average Bonchev–Trinajstić information content (AvgIpc) is 3.16. The quantitative estimate of drug-likeness (QED) is 0.444. The number of likely N-dealkylation sites (tertiary alicyclic amines) is 1. The van der Waals surface area contributed by atoms with Gasteiger partial charge in [-0.1, -0.05) is 12.2 Å². The summed E-state index contributed by atoms with van der Waals surface area (Å²) in [5, 5.41) is 0. The Balaban J connectivity index is 2.30. The van der Waals surface area contributed by atoms with Gasteiger partial charge in [0.2, 0.25) is 0 Å². The lowest BCUT2D eigenvalue weighted by molar-refractivity contribution is -0.161. The van der Waals surface area contributed by atoms with Crippen molar-refractivity contribution in [2.24, 2.45) is 5.92 Å². The van der Waals surface area contributed by atoms with Crippen LogP contribution < -0.4 is 0 Å². The highest BCUT2D eigenvalue weighted by atomic mass is 16.6. The number of ether oxygens (including phenoxy) is 2. The smallest absolute Gasteiger partial charge is 0.412 e. The van der Waals surface area contributed by atoms with Crippen LogP contribution in [0.5, 0.6) is 0 Å². The zero-order valence-corrected chi connectivity index (χ0v) is 16.5. The lowest BCUT2D eigenvalue weighted by Gasteiger charge is -2.34. The number of allylic oxidation sites excluding steroid dienone is 1. The van der Waals surface area contributed by atoms with Crippen molar-refractivity contribution in [2.45, 2.75) is 78.3 Å². The lowest BCUT2D eigenvalue weighted by Crippen LogP contribution is -2.51. The van der Waals surface area contributed by atoms with E-state index in [4.69, 9.17) is 9.47 Å². The van der Waals surface area contributed by atoms with Gasteiger partial charge in [-0.05, 0) is 54.9 Å². The second-order valence-electron chi connectivity index (χ2n) is 8.81. The van der Waals surface area contributed by atoms with E-state index in [0.29, 0.717) is 6.42 Å². The van der Waals surface area contributed by atoms with Gasteiger partial charge in [-0.3, -0.25) is 9.80 Å². The molecule has 2 heterocycles. The van der Waals surface area contributed by atoms with Crippen molar-refractivity contribution in [2.75, 3.05) is 13.1 Å². The molecule has 0 unspecified atom stereocenters. The molecular formula is C19H32N2O4. The first kappa shape index (κ1) is 19.8. The first-order chi connectivity index (χ1) is 11.4. The van der Waals surface area contributed by atoms with Gasteiger partial charge in [0, 0.05) is 19.0 Å². The van der Waals surface area contributed by atoms with Crippen LogP contribution in [0.25, 0.3) is 0 Å². The van der Waals surface area contributed by atoms with E-state index < -0.39 is 23.3 Å². The lowest BCUT2D eigenvalue weighted by atomic mass is 10.0. The fourth-order valence-electron chi connectivity index (χ4n) is 3.21. The minimum absolute atomic E-state index is 0.0949. The van der Waals surface area contributed by atoms with Crippen LogP contribution in [0.3, 0.4) is 0 Å². The van der Waals surface area contributed by atoms with Crippen molar-refractivity contribution in [1.29, 1.82) is 0 Å². The normalized spacial score (nSPS) is 27.6. The van der Waals surface area contributed by atoms with Crippen molar-refractivity contribution in [3.63, 3.8) is 0 Å². The third-order valence-electron chi connectivity index (χ3n) is 4.08. The van der Waals surface area contributed by atoms with Crippen molar-refractivity contribution >= 4 is 12.1 Å². The van der Waals surface area contributed by atoms with E-state index in [1.807, 2.05) is 54.5 Å². The van der Waals surface area contributed by atoms with Crippen LogP contribution >= 0.6 is 0 Å². The van der Waals surface area contributed by atoms with Gasteiger partial charge in [-0.15, -0.1) is 0 Å². The number of rotatable bonds is 3. The molecule has 2 aliphatic heterocycles. The molecule has 0 radical (unpaired) electrons. The number of carbonyl (C=O) groups is 2. The summed E-state index contributed by atoms with van der Waals surface area (Å²) >= 11 is 0. The molecule has 142 valence electrons. The van der Waals surface area contributed by atoms with E-state index in [-0.39, 0.29) is 18.1 Å². The minimum Gasteiger partial charge on any atom is -0.458 e.